The maximum Gasteiger partial charge on any atom is 0.0669 e. The number of aromatic nitrogens is 1. The molecule has 0 aliphatic carbocycles. The molecule has 0 radical (unpaired) electrons. The third-order valence-electron chi connectivity index (χ3n) is 5.00. The Balaban J connectivity index is 1.76. The second-order valence-corrected chi connectivity index (χ2v) is 6.82. The van der Waals surface area contributed by atoms with Gasteiger partial charge in [0.15, 0.2) is 0 Å². The Morgan fingerprint density at radius 1 is 1.12 bits per heavy atom. The minimum absolute atomic E-state index is 0.436. The molecule has 4 heteroatoms. The van der Waals surface area contributed by atoms with Crippen LogP contribution in [-0.4, -0.2) is 24.1 Å². The summed E-state index contributed by atoms with van der Waals surface area (Å²) < 4.78 is 0. The summed E-state index contributed by atoms with van der Waals surface area (Å²) in [5.41, 5.74) is 4.50. The van der Waals surface area contributed by atoms with Crippen molar-refractivity contribution in [3.8, 4) is 17.2 Å². The number of pyridine rings is 1. The van der Waals surface area contributed by atoms with E-state index in [9.17, 15) is 0 Å². The Kier molecular flexibility index (Phi) is 4.81. The lowest BCUT2D eigenvalue weighted by Crippen LogP contribution is -2.35. The summed E-state index contributed by atoms with van der Waals surface area (Å²) in [5, 5.41) is 18.5. The standard InChI is InChI=1S/C22H22N4/c23-8-4-16-2-1-3-17(12-16)19-13-18-5-9-25-15-21(18)22(14-19)26-20-6-10-24-11-7-20/h1-3,5,9,12-15,20,24,26H,4,6-7,10-11H2. The van der Waals surface area contributed by atoms with Crippen molar-refractivity contribution >= 4 is 16.5 Å². The number of rotatable bonds is 4. The summed E-state index contributed by atoms with van der Waals surface area (Å²) >= 11 is 0. The van der Waals surface area contributed by atoms with Crippen LogP contribution in [0.15, 0.2) is 54.9 Å². The molecule has 2 aromatic carbocycles. The van der Waals surface area contributed by atoms with Crippen molar-refractivity contribution in [2.45, 2.75) is 25.3 Å². The van der Waals surface area contributed by atoms with Crippen molar-refractivity contribution in [1.82, 2.24) is 10.3 Å². The Morgan fingerprint density at radius 3 is 2.85 bits per heavy atom. The number of hydrogen-bond donors (Lipinski definition) is 2. The van der Waals surface area contributed by atoms with Crippen LogP contribution in [0.25, 0.3) is 21.9 Å². The van der Waals surface area contributed by atoms with Crippen LogP contribution in [0, 0.1) is 11.3 Å². The van der Waals surface area contributed by atoms with Crippen molar-refractivity contribution in [3.05, 3.63) is 60.4 Å². The van der Waals surface area contributed by atoms with Crippen molar-refractivity contribution in [2.75, 3.05) is 18.4 Å². The van der Waals surface area contributed by atoms with Crippen LogP contribution in [0.4, 0.5) is 5.69 Å². The maximum absolute atomic E-state index is 8.98. The molecule has 2 N–H and O–H groups in total. The Hall–Kier alpha value is -2.90. The molecule has 1 aliphatic rings. The van der Waals surface area contributed by atoms with E-state index in [1.165, 1.54) is 10.9 Å². The van der Waals surface area contributed by atoms with Gasteiger partial charge in [0, 0.05) is 29.5 Å². The summed E-state index contributed by atoms with van der Waals surface area (Å²) in [6.45, 7) is 2.12. The molecule has 130 valence electrons. The molecule has 4 rings (SSSR count). The highest BCUT2D eigenvalue weighted by atomic mass is 15.0. The monoisotopic (exact) mass is 342 g/mol. The lowest BCUT2D eigenvalue weighted by atomic mass is 9.97. The minimum atomic E-state index is 0.436. The second-order valence-electron chi connectivity index (χ2n) is 6.82. The van der Waals surface area contributed by atoms with Gasteiger partial charge in [0.05, 0.1) is 12.5 Å². The highest BCUT2D eigenvalue weighted by Gasteiger charge is 2.15. The van der Waals surface area contributed by atoms with Crippen LogP contribution in [0.3, 0.4) is 0 Å². The van der Waals surface area contributed by atoms with E-state index in [4.69, 9.17) is 5.26 Å². The Labute approximate surface area is 153 Å². The zero-order valence-electron chi connectivity index (χ0n) is 14.7. The number of nitriles is 1. The number of anilines is 1. The van der Waals surface area contributed by atoms with Crippen LogP contribution in [-0.2, 0) is 6.42 Å². The summed E-state index contributed by atoms with van der Waals surface area (Å²) in [5.74, 6) is 0. The van der Waals surface area contributed by atoms with Gasteiger partial charge in [0.2, 0.25) is 0 Å². The molecule has 26 heavy (non-hydrogen) atoms. The van der Waals surface area contributed by atoms with E-state index in [1.807, 2.05) is 24.5 Å². The fourth-order valence-electron chi connectivity index (χ4n) is 3.62. The normalized spacial score (nSPS) is 14.9. The van der Waals surface area contributed by atoms with Gasteiger partial charge >= 0.3 is 0 Å². The van der Waals surface area contributed by atoms with Gasteiger partial charge in [-0.1, -0.05) is 24.3 Å². The van der Waals surface area contributed by atoms with Crippen molar-refractivity contribution in [2.24, 2.45) is 0 Å². The van der Waals surface area contributed by atoms with E-state index >= 15 is 0 Å². The van der Waals surface area contributed by atoms with Gasteiger partial charge in [-0.2, -0.15) is 5.26 Å². The molecule has 1 saturated heterocycles. The third kappa shape index (κ3) is 3.54. The van der Waals surface area contributed by atoms with Gasteiger partial charge in [-0.15, -0.1) is 0 Å². The van der Waals surface area contributed by atoms with E-state index in [0.29, 0.717) is 12.5 Å². The Bertz CT molecular complexity index is 952. The highest BCUT2D eigenvalue weighted by Crippen LogP contribution is 2.32. The van der Waals surface area contributed by atoms with Gasteiger partial charge in [0.25, 0.3) is 0 Å². The SMILES string of the molecule is N#CCc1cccc(-c2cc(NC3CCNCC3)c3cnccc3c2)c1. The van der Waals surface area contributed by atoms with Crippen LogP contribution in [0.1, 0.15) is 18.4 Å². The molecule has 0 atom stereocenters. The van der Waals surface area contributed by atoms with Crippen LogP contribution >= 0.6 is 0 Å². The van der Waals surface area contributed by atoms with E-state index in [1.54, 1.807) is 0 Å². The molecule has 1 fully saturated rings. The molecule has 0 bridgehead atoms. The number of piperidine rings is 1. The number of fused-ring (bicyclic) bond motifs is 1. The summed E-state index contributed by atoms with van der Waals surface area (Å²) in [7, 11) is 0. The second kappa shape index (κ2) is 7.55. The molecular weight excluding hydrogens is 320 g/mol. The zero-order valence-corrected chi connectivity index (χ0v) is 14.7. The average molecular weight is 342 g/mol. The molecule has 4 nitrogen and oxygen atoms in total. The fourth-order valence-corrected chi connectivity index (χ4v) is 3.62. The summed E-state index contributed by atoms with van der Waals surface area (Å²) in [6.07, 6.45) is 6.47. The van der Waals surface area contributed by atoms with Crippen LogP contribution < -0.4 is 10.6 Å². The van der Waals surface area contributed by atoms with E-state index in [2.05, 4.69) is 52.0 Å². The van der Waals surface area contributed by atoms with E-state index < -0.39 is 0 Å². The van der Waals surface area contributed by atoms with Crippen molar-refractivity contribution in [1.29, 1.82) is 5.26 Å². The third-order valence-corrected chi connectivity index (χ3v) is 5.00. The van der Waals surface area contributed by atoms with E-state index in [-0.39, 0.29) is 0 Å². The highest BCUT2D eigenvalue weighted by molar-refractivity contribution is 5.97. The lowest BCUT2D eigenvalue weighted by Gasteiger charge is -2.25. The quantitative estimate of drug-likeness (QED) is 0.748. The van der Waals surface area contributed by atoms with E-state index in [0.717, 1.165) is 48.1 Å². The van der Waals surface area contributed by atoms with Crippen LogP contribution in [0.5, 0.6) is 0 Å². The molecule has 1 aliphatic heterocycles. The predicted molar refractivity (Wildman–Crippen MR) is 106 cm³/mol. The Morgan fingerprint density at radius 2 is 2.00 bits per heavy atom. The van der Waals surface area contributed by atoms with Gasteiger partial charge in [-0.05, 0) is 66.2 Å². The summed E-state index contributed by atoms with van der Waals surface area (Å²) in [4.78, 5) is 4.32. The van der Waals surface area contributed by atoms with Crippen molar-refractivity contribution < 1.29 is 0 Å². The lowest BCUT2D eigenvalue weighted by molar-refractivity contribution is 0.479. The first-order chi connectivity index (χ1) is 12.8. The number of hydrogen-bond acceptors (Lipinski definition) is 4. The first-order valence-corrected chi connectivity index (χ1v) is 9.15. The number of nitrogens with zero attached hydrogens (tertiary/aromatic N) is 2. The fraction of sp³-hybridized carbons (Fsp3) is 0.273. The van der Waals surface area contributed by atoms with Gasteiger partial charge in [-0.3, -0.25) is 4.98 Å². The van der Waals surface area contributed by atoms with Crippen LogP contribution in [0.2, 0.25) is 0 Å². The largest absolute Gasteiger partial charge is 0.382 e. The summed E-state index contributed by atoms with van der Waals surface area (Å²) in [6, 6.07) is 17.5. The molecule has 0 amide bonds. The maximum atomic E-state index is 8.98. The number of nitrogens with one attached hydrogen (secondary N) is 2. The molecule has 1 aromatic heterocycles. The van der Waals surface area contributed by atoms with Gasteiger partial charge in [0.1, 0.15) is 0 Å². The predicted octanol–water partition coefficient (Wildman–Crippen LogP) is 4.13. The van der Waals surface area contributed by atoms with Crippen molar-refractivity contribution in [3.63, 3.8) is 0 Å². The molecule has 0 spiro atoms. The molecular formula is C22H22N4. The zero-order chi connectivity index (χ0) is 17.8. The first-order valence-electron chi connectivity index (χ1n) is 9.15. The van der Waals surface area contributed by atoms with Gasteiger partial charge < -0.3 is 10.6 Å². The average Bonchev–Trinajstić information content (AvgIpc) is 2.69. The molecule has 0 saturated carbocycles. The smallest absolute Gasteiger partial charge is 0.0669 e. The molecule has 0 unspecified atom stereocenters. The molecule has 3 aromatic rings. The number of benzene rings is 2. The molecule has 2 heterocycles. The minimum Gasteiger partial charge on any atom is -0.382 e. The van der Waals surface area contributed by atoms with Gasteiger partial charge in [-0.25, -0.2) is 0 Å². The topological polar surface area (TPSA) is 60.7 Å². The first kappa shape index (κ1) is 16.6.